The van der Waals surface area contributed by atoms with E-state index >= 15 is 0 Å². The maximum absolute atomic E-state index is 13.8. The molecular weight excluding hydrogens is 269 g/mol. The van der Waals surface area contributed by atoms with E-state index < -0.39 is 16.4 Å². The van der Waals surface area contributed by atoms with Gasteiger partial charge in [-0.2, -0.15) is 4.39 Å². The van der Waals surface area contributed by atoms with Crippen molar-refractivity contribution in [1.29, 1.82) is 0 Å². The minimum Gasteiger partial charge on any atom is -0.507 e. The summed E-state index contributed by atoms with van der Waals surface area (Å²) < 4.78 is 13.8. The van der Waals surface area contributed by atoms with E-state index in [0.29, 0.717) is 4.90 Å². The Morgan fingerprint density at radius 1 is 1.21 bits per heavy atom. The highest BCUT2D eigenvalue weighted by atomic mass is 32.2. The minimum atomic E-state index is -0.824. The zero-order valence-corrected chi connectivity index (χ0v) is 10.6. The highest BCUT2D eigenvalue weighted by Gasteiger charge is 2.17. The number of para-hydroxylation sites is 1. The Kier molecular flexibility index (Phi) is 4.01. The summed E-state index contributed by atoms with van der Waals surface area (Å²) in [6, 6.07) is 10.8. The van der Waals surface area contributed by atoms with Crippen molar-refractivity contribution >= 4 is 17.4 Å². The molecule has 98 valence electrons. The van der Waals surface area contributed by atoms with E-state index in [1.807, 2.05) is 0 Å². The van der Waals surface area contributed by atoms with E-state index in [1.165, 1.54) is 30.0 Å². The molecule has 0 saturated heterocycles. The van der Waals surface area contributed by atoms with Crippen molar-refractivity contribution in [1.82, 2.24) is 0 Å². The van der Waals surface area contributed by atoms with Crippen LogP contribution in [0.15, 0.2) is 47.4 Å². The van der Waals surface area contributed by atoms with Crippen molar-refractivity contribution < 1.29 is 14.4 Å². The number of halogens is 1. The topological polar surface area (TPSA) is 63.4 Å². The predicted molar refractivity (Wildman–Crippen MR) is 70.7 cm³/mol. The number of benzene rings is 2. The van der Waals surface area contributed by atoms with E-state index in [0.717, 1.165) is 6.07 Å². The first kappa shape index (κ1) is 13.4. The molecule has 2 aromatic carbocycles. The summed E-state index contributed by atoms with van der Waals surface area (Å²) in [6.07, 6.45) is 0. The third-order valence-electron chi connectivity index (χ3n) is 2.50. The SMILES string of the molecule is O=[N+]([O-])c1cccc(CSc2ccccc2O)c1F. The van der Waals surface area contributed by atoms with Crippen molar-refractivity contribution in [2.45, 2.75) is 10.6 Å². The molecule has 0 spiro atoms. The lowest BCUT2D eigenvalue weighted by molar-refractivity contribution is -0.387. The number of rotatable bonds is 4. The molecule has 0 radical (unpaired) electrons. The minimum absolute atomic E-state index is 0.110. The van der Waals surface area contributed by atoms with E-state index in [2.05, 4.69) is 0 Å². The van der Waals surface area contributed by atoms with Gasteiger partial charge in [-0.25, -0.2) is 0 Å². The Hall–Kier alpha value is -2.08. The molecule has 0 fully saturated rings. The van der Waals surface area contributed by atoms with Crippen LogP contribution < -0.4 is 0 Å². The van der Waals surface area contributed by atoms with Crippen molar-refractivity contribution in [2.24, 2.45) is 0 Å². The smallest absolute Gasteiger partial charge is 0.305 e. The fourth-order valence-electron chi connectivity index (χ4n) is 1.55. The number of aromatic hydroxyl groups is 1. The first-order valence-electron chi connectivity index (χ1n) is 5.42. The maximum Gasteiger partial charge on any atom is 0.305 e. The number of nitro benzene ring substituents is 1. The van der Waals surface area contributed by atoms with Gasteiger partial charge >= 0.3 is 5.69 Å². The van der Waals surface area contributed by atoms with Gasteiger partial charge < -0.3 is 5.11 Å². The van der Waals surface area contributed by atoms with Gasteiger partial charge in [-0.1, -0.05) is 24.3 Å². The van der Waals surface area contributed by atoms with E-state index in [-0.39, 0.29) is 17.1 Å². The van der Waals surface area contributed by atoms with Crippen LogP contribution in [-0.2, 0) is 5.75 Å². The third kappa shape index (κ3) is 3.03. The van der Waals surface area contributed by atoms with Crippen LogP contribution in [0.5, 0.6) is 5.75 Å². The van der Waals surface area contributed by atoms with Gasteiger partial charge in [0.25, 0.3) is 0 Å². The maximum atomic E-state index is 13.8. The van der Waals surface area contributed by atoms with Gasteiger partial charge in [0.05, 0.1) is 4.92 Å². The summed E-state index contributed by atoms with van der Waals surface area (Å²) in [5.41, 5.74) is -0.294. The standard InChI is InChI=1S/C13H10FNO3S/c14-13-9(4-3-5-10(13)15(17)18)8-19-12-7-2-1-6-11(12)16/h1-7,16H,8H2. The van der Waals surface area contributed by atoms with Crippen LogP contribution in [0.1, 0.15) is 5.56 Å². The van der Waals surface area contributed by atoms with Gasteiger partial charge in [-0.3, -0.25) is 10.1 Å². The lowest BCUT2D eigenvalue weighted by Gasteiger charge is -2.05. The Bertz CT molecular complexity index is 619. The molecule has 0 aromatic heterocycles. The summed E-state index contributed by atoms with van der Waals surface area (Å²) in [4.78, 5) is 10.5. The summed E-state index contributed by atoms with van der Waals surface area (Å²) in [7, 11) is 0. The van der Waals surface area contributed by atoms with Crippen LogP contribution in [0.2, 0.25) is 0 Å². The lowest BCUT2D eigenvalue weighted by Crippen LogP contribution is -1.96. The quantitative estimate of drug-likeness (QED) is 0.526. The fraction of sp³-hybridized carbons (Fsp3) is 0.0769. The van der Waals surface area contributed by atoms with Gasteiger partial charge in [-0.05, 0) is 12.1 Å². The lowest BCUT2D eigenvalue weighted by atomic mass is 10.2. The Balaban J connectivity index is 2.19. The molecular formula is C13H10FNO3S. The molecule has 0 aliphatic carbocycles. The molecule has 2 rings (SSSR count). The van der Waals surface area contributed by atoms with Gasteiger partial charge in [0, 0.05) is 22.3 Å². The van der Waals surface area contributed by atoms with Crippen LogP contribution in [-0.4, -0.2) is 10.0 Å². The zero-order chi connectivity index (χ0) is 13.8. The molecule has 0 unspecified atom stereocenters. The van der Waals surface area contributed by atoms with Crippen LogP contribution >= 0.6 is 11.8 Å². The molecule has 0 saturated carbocycles. The molecule has 2 aromatic rings. The second-order valence-corrected chi connectivity index (χ2v) is 4.78. The van der Waals surface area contributed by atoms with E-state index in [9.17, 15) is 19.6 Å². The van der Waals surface area contributed by atoms with Crippen LogP contribution in [0.25, 0.3) is 0 Å². The highest BCUT2D eigenvalue weighted by molar-refractivity contribution is 7.98. The number of phenols is 1. The second kappa shape index (κ2) is 5.71. The number of nitrogens with zero attached hydrogens (tertiary/aromatic N) is 1. The molecule has 0 bridgehead atoms. The number of phenolic OH excluding ortho intramolecular Hbond substituents is 1. The summed E-state index contributed by atoms with van der Waals surface area (Å²) >= 11 is 1.22. The molecule has 4 nitrogen and oxygen atoms in total. The van der Waals surface area contributed by atoms with E-state index in [4.69, 9.17) is 0 Å². The van der Waals surface area contributed by atoms with Gasteiger partial charge in [0.15, 0.2) is 0 Å². The second-order valence-electron chi connectivity index (χ2n) is 3.76. The van der Waals surface area contributed by atoms with Crippen molar-refractivity contribution in [3.63, 3.8) is 0 Å². The summed E-state index contributed by atoms with van der Waals surface area (Å²) in [6.45, 7) is 0. The van der Waals surface area contributed by atoms with Gasteiger partial charge in [-0.15, -0.1) is 11.8 Å². The van der Waals surface area contributed by atoms with Crippen molar-refractivity contribution in [2.75, 3.05) is 0 Å². The van der Waals surface area contributed by atoms with Crippen LogP contribution in [0.3, 0.4) is 0 Å². The van der Waals surface area contributed by atoms with Crippen molar-refractivity contribution in [3.8, 4) is 5.75 Å². The molecule has 6 heteroatoms. The van der Waals surface area contributed by atoms with Gasteiger partial charge in [0.2, 0.25) is 5.82 Å². The Labute approximate surface area is 113 Å². The van der Waals surface area contributed by atoms with Gasteiger partial charge in [0.1, 0.15) is 5.75 Å². The number of thioether (sulfide) groups is 1. The van der Waals surface area contributed by atoms with Crippen molar-refractivity contribution in [3.05, 3.63) is 64.0 Å². The predicted octanol–water partition coefficient (Wildman–Crippen LogP) is 3.73. The first-order valence-corrected chi connectivity index (χ1v) is 6.40. The largest absolute Gasteiger partial charge is 0.507 e. The molecule has 0 amide bonds. The molecule has 0 atom stereocenters. The zero-order valence-electron chi connectivity index (χ0n) is 9.75. The Morgan fingerprint density at radius 2 is 1.95 bits per heavy atom. The Morgan fingerprint density at radius 3 is 2.63 bits per heavy atom. The molecule has 19 heavy (non-hydrogen) atoms. The molecule has 0 heterocycles. The summed E-state index contributed by atoms with van der Waals surface area (Å²) in [5, 5.41) is 20.2. The normalized spacial score (nSPS) is 10.4. The number of hydrogen-bond donors (Lipinski definition) is 1. The average molecular weight is 279 g/mol. The number of nitro groups is 1. The van der Waals surface area contributed by atoms with E-state index in [1.54, 1.807) is 18.2 Å². The fourth-order valence-corrected chi connectivity index (χ4v) is 2.48. The molecule has 0 aliphatic heterocycles. The average Bonchev–Trinajstić information content (AvgIpc) is 2.39. The van der Waals surface area contributed by atoms with Crippen LogP contribution in [0, 0.1) is 15.9 Å². The van der Waals surface area contributed by atoms with Crippen LogP contribution in [0.4, 0.5) is 10.1 Å². The molecule has 0 aliphatic rings. The molecule has 1 N–H and O–H groups in total. The highest BCUT2D eigenvalue weighted by Crippen LogP contribution is 2.32. The third-order valence-corrected chi connectivity index (χ3v) is 3.62. The first-order chi connectivity index (χ1) is 9.09. The monoisotopic (exact) mass is 279 g/mol. The number of hydrogen-bond acceptors (Lipinski definition) is 4. The summed E-state index contributed by atoms with van der Waals surface area (Å²) in [5.74, 6) is -0.501.